The van der Waals surface area contributed by atoms with Gasteiger partial charge in [-0.1, -0.05) is 60.7 Å². The molecule has 1 heterocycles. The van der Waals surface area contributed by atoms with Crippen molar-refractivity contribution in [1.82, 2.24) is 0 Å². The first-order valence-corrected chi connectivity index (χ1v) is 8.53. The minimum absolute atomic E-state index is 1.05. The largest absolute Gasteiger partial charge is 0.152 e. The van der Waals surface area contributed by atoms with Gasteiger partial charge in [0.15, 0.2) is 0 Å². The fourth-order valence-electron chi connectivity index (χ4n) is 2.69. The minimum Gasteiger partial charge on any atom is -0.152 e. The molecule has 0 fully saturated rings. The number of hydrogen-bond donors (Lipinski definition) is 0. The van der Waals surface area contributed by atoms with Gasteiger partial charge >= 0.3 is 0 Å². The van der Waals surface area contributed by atoms with E-state index in [1.165, 1.54) is 27.8 Å². The molecule has 0 aliphatic heterocycles. The molecule has 0 spiro atoms. The highest BCUT2D eigenvalue weighted by Crippen LogP contribution is 2.29. The van der Waals surface area contributed by atoms with Gasteiger partial charge in [-0.3, -0.25) is 0 Å². The molecule has 3 rings (SSSR count). The number of aryl methyl sites for hydroxylation is 2. The van der Waals surface area contributed by atoms with Gasteiger partial charge in [0.1, 0.15) is 0 Å². The van der Waals surface area contributed by atoms with Crippen LogP contribution in [0.2, 0.25) is 0 Å². The van der Waals surface area contributed by atoms with Crippen molar-refractivity contribution >= 4 is 16.9 Å². The SMILES string of the molecule is C=C(C)c1ccc(-c2ccsc2)c(CCc2ccccc2)c1. The molecule has 0 aliphatic rings. The summed E-state index contributed by atoms with van der Waals surface area (Å²) in [6, 6.07) is 19.6. The average molecular weight is 304 g/mol. The molecule has 22 heavy (non-hydrogen) atoms. The van der Waals surface area contributed by atoms with Crippen LogP contribution in [0.15, 0.2) is 71.9 Å². The first-order chi connectivity index (χ1) is 10.7. The van der Waals surface area contributed by atoms with Crippen molar-refractivity contribution in [2.45, 2.75) is 19.8 Å². The lowest BCUT2D eigenvalue weighted by atomic mass is 9.93. The third-order valence-corrected chi connectivity index (χ3v) is 4.64. The molecule has 3 aromatic rings. The van der Waals surface area contributed by atoms with Gasteiger partial charge < -0.3 is 0 Å². The monoisotopic (exact) mass is 304 g/mol. The van der Waals surface area contributed by atoms with Crippen LogP contribution in [0, 0.1) is 0 Å². The molecule has 2 aromatic carbocycles. The summed E-state index contributed by atoms with van der Waals surface area (Å²) in [6.07, 6.45) is 2.12. The van der Waals surface area contributed by atoms with Crippen LogP contribution in [0.4, 0.5) is 0 Å². The van der Waals surface area contributed by atoms with E-state index in [-0.39, 0.29) is 0 Å². The number of allylic oxidation sites excluding steroid dienone is 1. The molecule has 0 unspecified atom stereocenters. The van der Waals surface area contributed by atoms with Crippen molar-refractivity contribution in [3.8, 4) is 11.1 Å². The molecule has 0 amide bonds. The molecule has 0 bridgehead atoms. The summed E-state index contributed by atoms with van der Waals surface area (Å²) in [5.41, 5.74) is 7.82. The second-order valence-corrected chi connectivity index (χ2v) is 6.43. The Bertz CT molecular complexity index is 752. The van der Waals surface area contributed by atoms with E-state index in [1.54, 1.807) is 11.3 Å². The molecule has 0 saturated heterocycles. The first kappa shape index (κ1) is 14.8. The van der Waals surface area contributed by atoms with Crippen molar-refractivity contribution in [1.29, 1.82) is 0 Å². The smallest absolute Gasteiger partial charge is 0.00146 e. The Morgan fingerprint density at radius 3 is 2.50 bits per heavy atom. The van der Waals surface area contributed by atoms with Gasteiger partial charge in [-0.25, -0.2) is 0 Å². The summed E-state index contributed by atoms with van der Waals surface area (Å²) >= 11 is 1.75. The van der Waals surface area contributed by atoms with Crippen LogP contribution >= 0.6 is 11.3 Å². The minimum atomic E-state index is 1.05. The normalized spacial score (nSPS) is 10.6. The van der Waals surface area contributed by atoms with E-state index >= 15 is 0 Å². The second kappa shape index (κ2) is 6.76. The summed E-state index contributed by atoms with van der Waals surface area (Å²) in [6.45, 7) is 6.15. The molecule has 110 valence electrons. The maximum absolute atomic E-state index is 4.08. The third kappa shape index (κ3) is 3.37. The topological polar surface area (TPSA) is 0 Å². The summed E-state index contributed by atoms with van der Waals surface area (Å²) in [5.74, 6) is 0. The van der Waals surface area contributed by atoms with Gasteiger partial charge in [0, 0.05) is 0 Å². The van der Waals surface area contributed by atoms with Gasteiger partial charge in [0.25, 0.3) is 0 Å². The molecular formula is C21H20S. The predicted molar refractivity (Wildman–Crippen MR) is 98.3 cm³/mol. The van der Waals surface area contributed by atoms with E-state index in [2.05, 4.69) is 78.9 Å². The van der Waals surface area contributed by atoms with Crippen LogP contribution in [-0.2, 0) is 12.8 Å². The Morgan fingerprint density at radius 1 is 1.00 bits per heavy atom. The lowest BCUT2D eigenvalue weighted by molar-refractivity contribution is 0.961. The van der Waals surface area contributed by atoms with E-state index in [4.69, 9.17) is 0 Å². The molecule has 0 nitrogen and oxygen atoms in total. The van der Waals surface area contributed by atoms with E-state index in [9.17, 15) is 0 Å². The van der Waals surface area contributed by atoms with Crippen molar-refractivity contribution in [2.75, 3.05) is 0 Å². The lowest BCUT2D eigenvalue weighted by Crippen LogP contribution is -1.95. The van der Waals surface area contributed by atoms with Crippen LogP contribution in [0.3, 0.4) is 0 Å². The summed E-state index contributed by atoms with van der Waals surface area (Å²) in [4.78, 5) is 0. The predicted octanol–water partition coefficient (Wildman–Crippen LogP) is 6.23. The van der Waals surface area contributed by atoms with Crippen molar-refractivity contribution in [2.24, 2.45) is 0 Å². The second-order valence-electron chi connectivity index (χ2n) is 5.65. The highest BCUT2D eigenvalue weighted by Gasteiger charge is 2.08. The van der Waals surface area contributed by atoms with Gasteiger partial charge in [-0.15, -0.1) is 0 Å². The van der Waals surface area contributed by atoms with E-state index < -0.39 is 0 Å². The molecule has 0 saturated carbocycles. The number of hydrogen-bond acceptors (Lipinski definition) is 1. The third-order valence-electron chi connectivity index (χ3n) is 3.96. The highest BCUT2D eigenvalue weighted by molar-refractivity contribution is 7.08. The van der Waals surface area contributed by atoms with Crippen molar-refractivity contribution in [3.63, 3.8) is 0 Å². The lowest BCUT2D eigenvalue weighted by Gasteiger charge is -2.11. The van der Waals surface area contributed by atoms with E-state index in [0.717, 1.165) is 18.4 Å². The summed E-state index contributed by atoms with van der Waals surface area (Å²) in [5, 5.41) is 4.37. The van der Waals surface area contributed by atoms with Gasteiger partial charge in [-0.2, -0.15) is 11.3 Å². The maximum atomic E-state index is 4.08. The van der Waals surface area contributed by atoms with Crippen LogP contribution in [0.1, 0.15) is 23.6 Å². The molecule has 0 N–H and O–H groups in total. The zero-order valence-corrected chi connectivity index (χ0v) is 13.7. The van der Waals surface area contributed by atoms with Crippen molar-refractivity contribution < 1.29 is 0 Å². The Morgan fingerprint density at radius 2 is 1.82 bits per heavy atom. The summed E-state index contributed by atoms with van der Waals surface area (Å²) in [7, 11) is 0. The van der Waals surface area contributed by atoms with E-state index in [0.29, 0.717) is 0 Å². The average Bonchev–Trinajstić information content (AvgIpc) is 3.08. The molecule has 1 heteroatoms. The molecule has 0 radical (unpaired) electrons. The Kier molecular flexibility index (Phi) is 4.55. The number of thiophene rings is 1. The van der Waals surface area contributed by atoms with Gasteiger partial charge in [-0.05, 0) is 64.4 Å². The maximum Gasteiger partial charge on any atom is -0.00146 e. The fourth-order valence-corrected chi connectivity index (χ4v) is 3.34. The van der Waals surface area contributed by atoms with Crippen LogP contribution in [0.5, 0.6) is 0 Å². The Balaban J connectivity index is 1.92. The molecular weight excluding hydrogens is 284 g/mol. The summed E-state index contributed by atoms with van der Waals surface area (Å²) < 4.78 is 0. The first-order valence-electron chi connectivity index (χ1n) is 7.59. The Labute approximate surface area is 136 Å². The van der Waals surface area contributed by atoms with Crippen LogP contribution in [-0.4, -0.2) is 0 Å². The van der Waals surface area contributed by atoms with E-state index in [1.807, 2.05) is 0 Å². The standard InChI is InChI=1S/C21H20S/c1-16(2)18-10-11-21(20-12-13-22-15-20)19(14-18)9-8-17-6-4-3-5-7-17/h3-7,10-15H,1,8-9H2,2H3. The van der Waals surface area contributed by atoms with Gasteiger partial charge in [0.2, 0.25) is 0 Å². The van der Waals surface area contributed by atoms with Crippen LogP contribution < -0.4 is 0 Å². The quantitative estimate of drug-likeness (QED) is 0.524. The van der Waals surface area contributed by atoms with Gasteiger partial charge in [0.05, 0.1) is 0 Å². The number of rotatable bonds is 5. The molecule has 0 aliphatic carbocycles. The van der Waals surface area contributed by atoms with Crippen LogP contribution in [0.25, 0.3) is 16.7 Å². The highest BCUT2D eigenvalue weighted by atomic mass is 32.1. The Hall–Kier alpha value is -2.12. The zero-order chi connectivity index (χ0) is 15.4. The van der Waals surface area contributed by atoms with Crippen molar-refractivity contribution in [3.05, 3.63) is 88.6 Å². The number of benzene rings is 2. The fraction of sp³-hybridized carbons (Fsp3) is 0.143. The molecule has 1 aromatic heterocycles. The zero-order valence-electron chi connectivity index (χ0n) is 12.9. The molecule has 0 atom stereocenters.